The van der Waals surface area contributed by atoms with Gasteiger partial charge >= 0.3 is 0 Å². The number of nitrogens with two attached hydrogens (primary N) is 1. The molecule has 1 aliphatic rings. The monoisotopic (exact) mass is 299 g/mol. The van der Waals surface area contributed by atoms with E-state index in [1.54, 1.807) is 13.2 Å². The second kappa shape index (κ2) is 8.09. The predicted molar refractivity (Wildman–Crippen MR) is 82.5 cm³/mol. The summed E-state index contributed by atoms with van der Waals surface area (Å²) in [5.41, 5.74) is 6.66. The molecule has 20 heavy (non-hydrogen) atoms. The summed E-state index contributed by atoms with van der Waals surface area (Å²) >= 11 is 0. The Morgan fingerprint density at radius 3 is 3.05 bits per heavy atom. The fraction of sp³-hybridized carbons (Fsp3) is 0.500. The molecule has 1 amide bonds. The third kappa shape index (κ3) is 5.00. The van der Waals surface area contributed by atoms with Crippen LogP contribution in [-0.4, -0.2) is 43.6 Å². The minimum absolute atomic E-state index is 0. The van der Waals surface area contributed by atoms with Crippen molar-refractivity contribution in [3.05, 3.63) is 24.3 Å². The van der Waals surface area contributed by atoms with Gasteiger partial charge in [-0.15, -0.1) is 12.4 Å². The predicted octanol–water partition coefficient (Wildman–Crippen LogP) is 1.48. The first-order valence-corrected chi connectivity index (χ1v) is 6.59. The number of methoxy groups -OCH3 is 1. The molecule has 112 valence electrons. The lowest BCUT2D eigenvalue weighted by atomic mass is 10.1. The van der Waals surface area contributed by atoms with E-state index >= 15 is 0 Å². The number of piperidine rings is 1. The molecule has 1 aliphatic heterocycles. The van der Waals surface area contributed by atoms with E-state index in [0.717, 1.165) is 37.4 Å². The van der Waals surface area contributed by atoms with Crippen molar-refractivity contribution in [3.8, 4) is 5.75 Å². The number of ether oxygens (including phenoxy) is 1. The fourth-order valence-corrected chi connectivity index (χ4v) is 2.34. The molecule has 0 saturated carbocycles. The molecule has 3 N–H and O–H groups in total. The quantitative estimate of drug-likeness (QED) is 0.884. The summed E-state index contributed by atoms with van der Waals surface area (Å²) < 4.78 is 5.12. The topological polar surface area (TPSA) is 67.6 Å². The van der Waals surface area contributed by atoms with Crippen molar-refractivity contribution in [1.29, 1.82) is 0 Å². The lowest BCUT2D eigenvalue weighted by molar-refractivity contribution is -0.117. The maximum absolute atomic E-state index is 12.0. The van der Waals surface area contributed by atoms with Gasteiger partial charge in [-0.1, -0.05) is 6.07 Å². The molecule has 1 fully saturated rings. The Bertz CT molecular complexity index is 442. The van der Waals surface area contributed by atoms with Crippen molar-refractivity contribution in [3.63, 3.8) is 0 Å². The average Bonchev–Trinajstić information content (AvgIpc) is 2.38. The van der Waals surface area contributed by atoms with Crippen LogP contribution in [0.5, 0.6) is 5.75 Å². The van der Waals surface area contributed by atoms with Gasteiger partial charge in [-0.05, 0) is 31.5 Å². The highest BCUT2D eigenvalue weighted by Crippen LogP contribution is 2.16. The van der Waals surface area contributed by atoms with Gasteiger partial charge < -0.3 is 15.8 Å². The standard InChI is InChI=1S/C14H21N3O2.ClH/c1-19-13-6-2-5-12(8-13)16-14(18)10-17-7-3-4-11(15)9-17;/h2,5-6,8,11H,3-4,7,9-10,15H2,1H3,(H,16,18);1H/t11-;/m1./s1. The molecule has 0 spiro atoms. The number of amides is 1. The van der Waals surface area contributed by atoms with Crippen LogP contribution in [-0.2, 0) is 4.79 Å². The summed E-state index contributed by atoms with van der Waals surface area (Å²) in [5, 5.41) is 2.88. The van der Waals surface area contributed by atoms with Gasteiger partial charge in [0, 0.05) is 24.3 Å². The van der Waals surface area contributed by atoms with E-state index in [2.05, 4.69) is 10.2 Å². The number of hydrogen-bond donors (Lipinski definition) is 2. The Kier molecular flexibility index (Phi) is 6.78. The second-order valence-corrected chi connectivity index (χ2v) is 4.92. The van der Waals surface area contributed by atoms with Crippen LogP contribution in [0.3, 0.4) is 0 Å². The molecular weight excluding hydrogens is 278 g/mol. The number of nitrogens with zero attached hydrogens (tertiary/aromatic N) is 1. The van der Waals surface area contributed by atoms with Crippen molar-refractivity contribution in [2.45, 2.75) is 18.9 Å². The molecule has 0 aliphatic carbocycles. The lowest BCUT2D eigenvalue weighted by Crippen LogP contribution is -2.45. The second-order valence-electron chi connectivity index (χ2n) is 4.92. The summed E-state index contributed by atoms with van der Waals surface area (Å²) in [6.07, 6.45) is 2.11. The molecule has 1 aromatic carbocycles. The van der Waals surface area contributed by atoms with E-state index < -0.39 is 0 Å². The molecule has 0 aromatic heterocycles. The zero-order valence-corrected chi connectivity index (χ0v) is 12.5. The van der Waals surface area contributed by atoms with Gasteiger partial charge in [0.2, 0.25) is 5.91 Å². The zero-order valence-electron chi connectivity index (χ0n) is 11.7. The minimum atomic E-state index is -0.0117. The van der Waals surface area contributed by atoms with Gasteiger partial charge in [0.25, 0.3) is 0 Å². The first-order valence-electron chi connectivity index (χ1n) is 6.59. The average molecular weight is 300 g/mol. The molecule has 0 radical (unpaired) electrons. The number of benzene rings is 1. The Morgan fingerprint density at radius 2 is 2.35 bits per heavy atom. The normalized spacial score (nSPS) is 19.0. The van der Waals surface area contributed by atoms with Crippen LogP contribution < -0.4 is 15.8 Å². The summed E-state index contributed by atoms with van der Waals surface area (Å²) in [6.45, 7) is 2.13. The van der Waals surface area contributed by atoms with E-state index in [-0.39, 0.29) is 24.4 Å². The molecule has 1 saturated heterocycles. The number of likely N-dealkylation sites (tertiary alicyclic amines) is 1. The van der Waals surface area contributed by atoms with E-state index in [1.165, 1.54) is 0 Å². The highest BCUT2D eigenvalue weighted by molar-refractivity contribution is 5.92. The molecule has 5 nitrogen and oxygen atoms in total. The third-order valence-electron chi connectivity index (χ3n) is 3.26. The summed E-state index contributed by atoms with van der Waals surface area (Å²) in [6, 6.07) is 7.55. The lowest BCUT2D eigenvalue weighted by Gasteiger charge is -2.29. The van der Waals surface area contributed by atoms with Gasteiger partial charge in [-0.2, -0.15) is 0 Å². The molecule has 0 unspecified atom stereocenters. The van der Waals surface area contributed by atoms with Crippen LogP contribution >= 0.6 is 12.4 Å². The summed E-state index contributed by atoms with van der Waals surface area (Å²) in [4.78, 5) is 14.1. The highest BCUT2D eigenvalue weighted by atomic mass is 35.5. The number of carbonyl (C=O) groups excluding carboxylic acids is 1. The van der Waals surface area contributed by atoms with Crippen LogP contribution in [0.25, 0.3) is 0 Å². The number of rotatable bonds is 4. The van der Waals surface area contributed by atoms with Crippen LogP contribution in [0.1, 0.15) is 12.8 Å². The first kappa shape index (κ1) is 16.8. The first-order chi connectivity index (χ1) is 9.17. The molecule has 1 aromatic rings. The number of anilines is 1. The van der Waals surface area contributed by atoms with Gasteiger partial charge in [0.15, 0.2) is 0 Å². The molecule has 0 bridgehead atoms. The van der Waals surface area contributed by atoms with Gasteiger partial charge in [0.1, 0.15) is 5.75 Å². The number of hydrogen-bond acceptors (Lipinski definition) is 4. The highest BCUT2D eigenvalue weighted by Gasteiger charge is 2.18. The van der Waals surface area contributed by atoms with E-state index in [4.69, 9.17) is 10.5 Å². The number of halogens is 1. The smallest absolute Gasteiger partial charge is 0.238 e. The maximum Gasteiger partial charge on any atom is 0.238 e. The van der Waals surface area contributed by atoms with Crippen molar-refractivity contribution < 1.29 is 9.53 Å². The molecule has 2 rings (SSSR count). The van der Waals surface area contributed by atoms with Gasteiger partial charge in [-0.25, -0.2) is 0 Å². The molecule has 1 atom stereocenters. The van der Waals surface area contributed by atoms with Crippen LogP contribution in [0, 0.1) is 0 Å². The largest absolute Gasteiger partial charge is 0.497 e. The van der Waals surface area contributed by atoms with Crippen molar-refractivity contribution >= 4 is 24.0 Å². The van der Waals surface area contributed by atoms with Crippen LogP contribution in [0.2, 0.25) is 0 Å². The van der Waals surface area contributed by atoms with Gasteiger partial charge in [0.05, 0.1) is 13.7 Å². The van der Waals surface area contributed by atoms with Crippen LogP contribution in [0.4, 0.5) is 5.69 Å². The number of nitrogens with one attached hydrogen (secondary N) is 1. The molecular formula is C14H22ClN3O2. The maximum atomic E-state index is 12.0. The van der Waals surface area contributed by atoms with E-state index in [1.807, 2.05) is 18.2 Å². The molecule has 6 heteroatoms. The Labute approximate surface area is 125 Å². The van der Waals surface area contributed by atoms with Crippen molar-refractivity contribution in [2.24, 2.45) is 5.73 Å². The SMILES string of the molecule is COc1cccc(NC(=O)CN2CCC[C@@H](N)C2)c1.Cl. The Hall–Kier alpha value is -1.30. The van der Waals surface area contributed by atoms with Crippen molar-refractivity contribution in [1.82, 2.24) is 4.90 Å². The van der Waals surface area contributed by atoms with Crippen LogP contribution in [0.15, 0.2) is 24.3 Å². The number of carbonyl (C=O) groups is 1. The fourth-order valence-electron chi connectivity index (χ4n) is 2.34. The Balaban J connectivity index is 0.00000200. The third-order valence-corrected chi connectivity index (χ3v) is 3.26. The zero-order chi connectivity index (χ0) is 13.7. The van der Waals surface area contributed by atoms with Crippen molar-refractivity contribution in [2.75, 3.05) is 32.1 Å². The minimum Gasteiger partial charge on any atom is -0.497 e. The van der Waals surface area contributed by atoms with E-state index in [0.29, 0.717) is 6.54 Å². The molecule has 1 heterocycles. The Morgan fingerprint density at radius 1 is 1.55 bits per heavy atom. The summed E-state index contributed by atoms with van der Waals surface area (Å²) in [7, 11) is 1.61. The van der Waals surface area contributed by atoms with E-state index in [9.17, 15) is 4.79 Å². The van der Waals surface area contributed by atoms with Gasteiger partial charge in [-0.3, -0.25) is 9.69 Å². The summed E-state index contributed by atoms with van der Waals surface area (Å²) in [5.74, 6) is 0.722.